The van der Waals surface area contributed by atoms with E-state index in [1.165, 1.54) is 20.0 Å². The van der Waals surface area contributed by atoms with Gasteiger partial charge in [-0.1, -0.05) is 11.6 Å². The molecule has 4 aliphatic rings. The van der Waals surface area contributed by atoms with Crippen molar-refractivity contribution >= 4 is 11.9 Å². The van der Waals surface area contributed by atoms with Crippen molar-refractivity contribution in [1.82, 2.24) is 19.9 Å². The van der Waals surface area contributed by atoms with Crippen molar-refractivity contribution < 1.29 is 19.4 Å². The van der Waals surface area contributed by atoms with Crippen LogP contribution in [0.1, 0.15) is 69.5 Å². The monoisotopic (exact) mass is 416 g/mol. The highest BCUT2D eigenvalue weighted by Crippen LogP contribution is 2.49. The highest BCUT2D eigenvalue weighted by molar-refractivity contribution is 5.87. The average molecular weight is 417 g/mol. The van der Waals surface area contributed by atoms with Crippen LogP contribution in [0.15, 0.2) is 6.20 Å². The summed E-state index contributed by atoms with van der Waals surface area (Å²) in [5, 5.41) is 18.9. The number of hydrogen-bond acceptors (Lipinski definition) is 6. The van der Waals surface area contributed by atoms with Gasteiger partial charge in [0, 0.05) is 31.5 Å². The first-order chi connectivity index (χ1) is 14.5. The molecule has 8 nitrogen and oxygen atoms in total. The molecule has 1 aromatic rings. The fourth-order valence-electron chi connectivity index (χ4n) is 5.88. The van der Waals surface area contributed by atoms with Gasteiger partial charge in [-0.25, -0.2) is 9.48 Å². The van der Waals surface area contributed by atoms with E-state index in [9.17, 15) is 14.7 Å². The van der Waals surface area contributed by atoms with Gasteiger partial charge in [0.1, 0.15) is 6.04 Å². The van der Waals surface area contributed by atoms with E-state index in [1.54, 1.807) is 9.58 Å². The van der Waals surface area contributed by atoms with Crippen LogP contribution >= 0.6 is 0 Å². The van der Waals surface area contributed by atoms with Crippen molar-refractivity contribution in [3.63, 3.8) is 0 Å². The van der Waals surface area contributed by atoms with Crippen molar-refractivity contribution in [2.45, 2.75) is 81.9 Å². The summed E-state index contributed by atoms with van der Waals surface area (Å²) in [6, 6.07) is -0.660. The summed E-state index contributed by atoms with van der Waals surface area (Å²) >= 11 is 0. The Kier molecular flexibility index (Phi) is 5.08. The Morgan fingerprint density at radius 3 is 2.70 bits per heavy atom. The van der Waals surface area contributed by atoms with E-state index in [-0.39, 0.29) is 23.8 Å². The molecule has 0 radical (unpaired) electrons. The molecule has 3 aliphatic carbocycles. The molecule has 4 fully saturated rings. The number of likely N-dealkylation sites (tertiary alicyclic amines) is 1. The van der Waals surface area contributed by atoms with Crippen LogP contribution in [0.5, 0.6) is 0 Å². The molecule has 5 rings (SSSR count). The Morgan fingerprint density at radius 2 is 2.03 bits per heavy atom. The lowest BCUT2D eigenvalue weighted by atomic mass is 9.77. The second kappa shape index (κ2) is 7.62. The van der Waals surface area contributed by atoms with Crippen LogP contribution in [0.4, 0.5) is 0 Å². The molecule has 0 bridgehead atoms. The number of aliphatic hydroxyl groups is 1. The number of methoxy groups -OCH3 is 1. The van der Waals surface area contributed by atoms with Gasteiger partial charge in [-0.3, -0.25) is 4.79 Å². The van der Waals surface area contributed by atoms with Crippen LogP contribution in [0.2, 0.25) is 0 Å². The number of carbonyl (C=O) groups excluding carboxylic acids is 2. The molecule has 0 spiro atoms. The molecule has 30 heavy (non-hydrogen) atoms. The van der Waals surface area contributed by atoms with E-state index in [0.717, 1.165) is 44.2 Å². The predicted molar refractivity (Wildman–Crippen MR) is 107 cm³/mol. The molecule has 0 aromatic carbocycles. The number of esters is 1. The summed E-state index contributed by atoms with van der Waals surface area (Å²) in [6.07, 6.45) is 11.2. The molecule has 1 saturated heterocycles. The van der Waals surface area contributed by atoms with E-state index in [0.29, 0.717) is 31.2 Å². The minimum absolute atomic E-state index is 0.0441. The second-order valence-electron chi connectivity index (χ2n) is 9.90. The highest BCUT2D eigenvalue weighted by atomic mass is 16.5. The largest absolute Gasteiger partial charge is 0.467 e. The first-order valence-electron chi connectivity index (χ1n) is 11.5. The number of nitrogens with zero attached hydrogens (tertiary/aromatic N) is 4. The molecule has 1 aliphatic heterocycles. The Morgan fingerprint density at radius 1 is 1.23 bits per heavy atom. The van der Waals surface area contributed by atoms with Gasteiger partial charge in [0.25, 0.3) is 0 Å². The van der Waals surface area contributed by atoms with Crippen molar-refractivity contribution in [1.29, 1.82) is 0 Å². The van der Waals surface area contributed by atoms with Gasteiger partial charge in [-0.15, -0.1) is 5.10 Å². The molecule has 3 saturated carbocycles. The lowest BCUT2D eigenvalue weighted by Crippen LogP contribution is -2.45. The Bertz CT molecular complexity index is 816. The summed E-state index contributed by atoms with van der Waals surface area (Å²) in [4.78, 5) is 27.7. The van der Waals surface area contributed by atoms with Gasteiger partial charge in [0.2, 0.25) is 5.91 Å². The minimum atomic E-state index is -0.645. The third-order valence-corrected chi connectivity index (χ3v) is 7.88. The maximum atomic E-state index is 13.5. The molecule has 164 valence electrons. The number of amides is 1. The number of carbonyl (C=O) groups is 2. The smallest absolute Gasteiger partial charge is 0.328 e. The Balaban J connectivity index is 1.31. The van der Waals surface area contributed by atoms with Gasteiger partial charge in [-0.05, 0) is 56.8 Å². The zero-order chi connectivity index (χ0) is 20.9. The fourth-order valence-corrected chi connectivity index (χ4v) is 5.88. The summed E-state index contributed by atoms with van der Waals surface area (Å²) in [5.41, 5.74) is 0.120. The predicted octanol–water partition coefficient (Wildman–Crippen LogP) is 1.88. The Labute approximate surface area is 176 Å². The van der Waals surface area contributed by atoms with Crippen LogP contribution in [0, 0.1) is 17.8 Å². The van der Waals surface area contributed by atoms with Crippen LogP contribution in [0.25, 0.3) is 0 Å². The van der Waals surface area contributed by atoms with Gasteiger partial charge in [0.15, 0.2) is 0 Å². The molecule has 8 heteroatoms. The first-order valence-corrected chi connectivity index (χ1v) is 11.5. The van der Waals surface area contributed by atoms with Crippen LogP contribution in [-0.2, 0) is 20.7 Å². The molecule has 2 heterocycles. The van der Waals surface area contributed by atoms with Crippen LogP contribution in [0.3, 0.4) is 0 Å². The maximum absolute atomic E-state index is 13.5. The van der Waals surface area contributed by atoms with Crippen LogP contribution in [-0.4, -0.2) is 62.2 Å². The van der Waals surface area contributed by atoms with Gasteiger partial charge < -0.3 is 14.7 Å². The summed E-state index contributed by atoms with van der Waals surface area (Å²) in [6.45, 7) is 0.458. The van der Waals surface area contributed by atoms with E-state index in [4.69, 9.17) is 4.74 Å². The molecule has 4 atom stereocenters. The molecule has 1 aromatic heterocycles. The second-order valence-corrected chi connectivity index (χ2v) is 9.90. The fraction of sp³-hybridized carbons (Fsp3) is 0.818. The van der Waals surface area contributed by atoms with E-state index < -0.39 is 11.6 Å². The zero-order valence-electron chi connectivity index (χ0n) is 17.7. The average Bonchev–Trinajstić information content (AvgIpc) is 3.13. The van der Waals surface area contributed by atoms with Crippen molar-refractivity contribution in [3.05, 3.63) is 11.9 Å². The molecular formula is C22H32N4O4. The molecule has 1 N–H and O–H groups in total. The standard InChI is InChI=1S/C22H32N4O4/c1-30-21(28)19-10-16(26-12-15(23-24-26)11-22(29)8-3-9-22)13-25(19)20(27)18-5-2-4-17(18)14-6-7-14/h12,14,16-19,29H,2-11,13H2,1H3/t16-,17+,18-,19-/m1/s1. The lowest BCUT2D eigenvalue weighted by molar-refractivity contribution is -0.152. The number of ether oxygens (including phenoxy) is 1. The molecular weight excluding hydrogens is 384 g/mol. The number of hydrogen-bond donors (Lipinski definition) is 1. The van der Waals surface area contributed by atoms with Gasteiger partial charge >= 0.3 is 5.97 Å². The summed E-state index contributed by atoms with van der Waals surface area (Å²) in [5.74, 6) is 0.993. The zero-order valence-corrected chi connectivity index (χ0v) is 17.7. The van der Waals surface area contributed by atoms with Gasteiger partial charge in [0.05, 0.1) is 24.4 Å². The summed E-state index contributed by atoms with van der Waals surface area (Å²) < 4.78 is 6.80. The van der Waals surface area contributed by atoms with Crippen LogP contribution < -0.4 is 0 Å². The van der Waals surface area contributed by atoms with Crippen molar-refractivity contribution in [2.75, 3.05) is 13.7 Å². The van der Waals surface area contributed by atoms with E-state index in [2.05, 4.69) is 10.3 Å². The summed E-state index contributed by atoms with van der Waals surface area (Å²) in [7, 11) is 1.38. The minimum Gasteiger partial charge on any atom is -0.467 e. The third kappa shape index (κ3) is 3.63. The quantitative estimate of drug-likeness (QED) is 0.711. The normalized spacial score (nSPS) is 32.8. The number of rotatable bonds is 6. The maximum Gasteiger partial charge on any atom is 0.328 e. The topological polar surface area (TPSA) is 97.5 Å². The van der Waals surface area contributed by atoms with E-state index >= 15 is 0 Å². The van der Waals surface area contributed by atoms with E-state index in [1.807, 2.05) is 6.20 Å². The highest BCUT2D eigenvalue weighted by Gasteiger charge is 2.48. The first kappa shape index (κ1) is 20.0. The molecule has 1 amide bonds. The number of aromatic nitrogens is 3. The lowest BCUT2D eigenvalue weighted by Gasteiger charge is -2.35. The van der Waals surface area contributed by atoms with Crippen molar-refractivity contribution in [2.24, 2.45) is 17.8 Å². The van der Waals surface area contributed by atoms with Gasteiger partial charge in [-0.2, -0.15) is 0 Å². The SMILES string of the molecule is COC(=O)[C@H]1C[C@@H](n2cc(CC3(O)CCC3)nn2)CN1C(=O)[C@@H]1CCC[C@H]1C1CC1. The molecule has 0 unspecified atom stereocenters. The Hall–Kier alpha value is -1.96. The van der Waals surface area contributed by atoms with Crippen molar-refractivity contribution in [3.8, 4) is 0 Å². The third-order valence-electron chi connectivity index (χ3n) is 7.88.